The van der Waals surface area contributed by atoms with Gasteiger partial charge in [0.15, 0.2) is 0 Å². The molecule has 2 heterocycles. The van der Waals surface area contributed by atoms with Gasteiger partial charge in [0, 0.05) is 37.8 Å². The number of aliphatic carboxylic acids is 1. The van der Waals surface area contributed by atoms with Crippen LogP contribution in [0.5, 0.6) is 0 Å². The molecule has 1 aliphatic rings. The molecule has 0 bridgehead atoms. The van der Waals surface area contributed by atoms with E-state index < -0.39 is 23.3 Å². The van der Waals surface area contributed by atoms with E-state index in [4.69, 9.17) is 14.6 Å². The number of hydrogen-bond acceptors (Lipinski definition) is 6. The van der Waals surface area contributed by atoms with Crippen LogP contribution < -0.4 is 24.2 Å². The molecule has 8 nitrogen and oxygen atoms in total. The van der Waals surface area contributed by atoms with Crippen molar-refractivity contribution < 1.29 is 51.5 Å². The zero-order valence-electron chi connectivity index (χ0n) is 24.5. The first-order valence-electron chi connectivity index (χ1n) is 13.1. The number of benzene rings is 2. The van der Waals surface area contributed by atoms with Gasteiger partial charge in [0.25, 0.3) is 5.97 Å². The summed E-state index contributed by atoms with van der Waals surface area (Å²) in [6, 6.07) is 17.8. The van der Waals surface area contributed by atoms with Crippen molar-refractivity contribution in [2.45, 2.75) is 64.7 Å². The Labute approximate surface area is 255 Å². The standard InChI is InChI=1S/C28H30F3N4O2.C2H4O2.Li/c1-27(2,3)37-26(36)35-16-15-21(18-35)20-10-12-22(13-11-20)33-25-32-17-23(28(29,30)31)24(34-25)14-9-19-7-5-4-6-8-19;1-2(3)4;/h4-7,10-13,17,21H,9,14-16,18H2,1-3H3,(H,32,33,34);1H3,(H,3,4);/q-1;;+1. The summed E-state index contributed by atoms with van der Waals surface area (Å²) in [6.45, 7) is 7.81. The van der Waals surface area contributed by atoms with E-state index in [1.807, 2.05) is 63.2 Å². The topological polar surface area (TPSA) is 105 Å². The Morgan fingerprint density at radius 3 is 2.36 bits per heavy atom. The fraction of sp³-hybridized carbons (Fsp3) is 0.400. The van der Waals surface area contributed by atoms with Crippen LogP contribution in [0.3, 0.4) is 0 Å². The first kappa shape index (κ1) is 34.6. The third kappa shape index (κ3) is 11.0. The molecule has 42 heavy (non-hydrogen) atoms. The molecule has 3 aromatic rings. The number of rotatable bonds is 6. The summed E-state index contributed by atoms with van der Waals surface area (Å²) in [5, 5.41) is 10.4. The summed E-state index contributed by atoms with van der Waals surface area (Å²) in [4.78, 5) is 31.2. The van der Waals surface area contributed by atoms with Gasteiger partial charge in [0.2, 0.25) is 5.95 Å². The first-order chi connectivity index (χ1) is 19.2. The first-order valence-corrected chi connectivity index (χ1v) is 13.1. The van der Waals surface area contributed by atoms with Crippen molar-refractivity contribution in [2.24, 2.45) is 0 Å². The van der Waals surface area contributed by atoms with Crippen LogP contribution in [0.2, 0.25) is 0 Å². The minimum absolute atomic E-state index is 0. The van der Waals surface area contributed by atoms with Gasteiger partial charge >= 0.3 is 31.1 Å². The van der Waals surface area contributed by atoms with Crippen molar-refractivity contribution in [1.82, 2.24) is 14.9 Å². The maximum absolute atomic E-state index is 13.5. The number of alkyl halides is 3. The van der Waals surface area contributed by atoms with Gasteiger partial charge in [-0.05, 0) is 57.7 Å². The van der Waals surface area contributed by atoms with E-state index in [9.17, 15) is 18.0 Å². The van der Waals surface area contributed by atoms with Crippen LogP contribution in [0, 0.1) is 6.07 Å². The summed E-state index contributed by atoms with van der Waals surface area (Å²) in [5.74, 6) is -0.546. The number of aryl methyl sites for hydroxylation is 2. The monoisotopic (exact) mass is 578 g/mol. The van der Waals surface area contributed by atoms with Gasteiger partial charge < -0.3 is 20.1 Å². The Morgan fingerprint density at radius 2 is 1.79 bits per heavy atom. The number of carbonyl (C=O) groups excluding carboxylic acids is 1. The molecule has 1 amide bonds. The van der Waals surface area contributed by atoms with Crippen molar-refractivity contribution in [2.75, 3.05) is 18.4 Å². The molecule has 0 saturated carbocycles. The van der Waals surface area contributed by atoms with Crippen LogP contribution in [-0.2, 0) is 28.5 Å². The van der Waals surface area contributed by atoms with Crippen molar-refractivity contribution in [3.8, 4) is 0 Å². The number of carboxylic acids is 1. The molecular weight excluding hydrogens is 544 g/mol. The van der Waals surface area contributed by atoms with E-state index in [2.05, 4.69) is 21.4 Å². The SMILES string of the molecule is CC(=O)O.CC(C)(C)OC(=O)N1CCC(c2ccc(Nc3ncc(C(F)(F)F)c(CCc4[c-]cccc4)n3)cc2)C1.[Li+]. The van der Waals surface area contributed by atoms with Crippen LogP contribution in [0.4, 0.5) is 29.6 Å². The fourth-order valence-electron chi connectivity index (χ4n) is 4.24. The second kappa shape index (κ2) is 15.1. The number of hydrogen-bond donors (Lipinski definition) is 2. The van der Waals surface area contributed by atoms with Crippen molar-refractivity contribution in [1.29, 1.82) is 0 Å². The molecule has 1 saturated heterocycles. The molecular formula is C30H34F3LiN4O4. The molecule has 12 heteroatoms. The molecule has 0 aliphatic carbocycles. The van der Waals surface area contributed by atoms with Crippen molar-refractivity contribution in [3.63, 3.8) is 0 Å². The largest absolute Gasteiger partial charge is 1.00 e. The number of halogens is 3. The van der Waals surface area contributed by atoms with Gasteiger partial charge in [0.05, 0.1) is 11.3 Å². The Bertz CT molecular complexity index is 1310. The normalized spacial score (nSPS) is 14.7. The zero-order chi connectivity index (χ0) is 30.2. The van der Waals surface area contributed by atoms with Crippen LogP contribution in [0.25, 0.3) is 0 Å². The van der Waals surface area contributed by atoms with Crippen molar-refractivity contribution >= 4 is 23.7 Å². The predicted octanol–water partition coefficient (Wildman–Crippen LogP) is 3.64. The van der Waals surface area contributed by atoms with Gasteiger partial charge in [-0.15, -0.1) is 0 Å². The predicted molar refractivity (Wildman–Crippen MR) is 148 cm³/mol. The maximum Gasteiger partial charge on any atom is 1.00 e. The van der Waals surface area contributed by atoms with Gasteiger partial charge in [0.1, 0.15) is 5.60 Å². The molecule has 1 atom stereocenters. The quantitative estimate of drug-likeness (QED) is 0.340. The molecule has 1 fully saturated rings. The number of likely N-dealkylation sites (tertiary alicyclic amines) is 1. The number of carboxylic acid groups (broad SMARTS) is 1. The summed E-state index contributed by atoms with van der Waals surface area (Å²) in [7, 11) is 0. The van der Waals surface area contributed by atoms with Gasteiger partial charge in [-0.25, -0.2) is 14.8 Å². The van der Waals surface area contributed by atoms with E-state index in [1.54, 1.807) is 11.0 Å². The molecule has 220 valence electrons. The number of nitrogens with zero attached hydrogens (tertiary/aromatic N) is 3. The van der Waals surface area contributed by atoms with Crippen LogP contribution in [0.15, 0.2) is 54.7 Å². The summed E-state index contributed by atoms with van der Waals surface area (Å²) in [6.07, 6.45) is -2.69. The third-order valence-electron chi connectivity index (χ3n) is 6.06. The van der Waals surface area contributed by atoms with E-state index in [0.717, 1.165) is 30.7 Å². The Balaban J connectivity index is 0.00000116. The average Bonchev–Trinajstić information content (AvgIpc) is 3.37. The van der Waals surface area contributed by atoms with E-state index in [-0.39, 0.29) is 48.9 Å². The van der Waals surface area contributed by atoms with Gasteiger partial charge in [-0.3, -0.25) is 4.79 Å². The molecule has 0 spiro atoms. The minimum atomic E-state index is -4.54. The number of amides is 1. The van der Waals surface area contributed by atoms with E-state index >= 15 is 0 Å². The summed E-state index contributed by atoms with van der Waals surface area (Å²) in [5.41, 5.74) is 1.11. The van der Waals surface area contributed by atoms with Crippen molar-refractivity contribution in [3.05, 3.63) is 83.2 Å². The molecule has 1 aliphatic heterocycles. The Hall–Kier alpha value is -3.55. The average molecular weight is 579 g/mol. The Kier molecular flexibility index (Phi) is 12.4. The fourth-order valence-corrected chi connectivity index (χ4v) is 4.24. The molecule has 4 rings (SSSR count). The molecule has 2 aromatic carbocycles. The molecule has 1 aromatic heterocycles. The second-order valence-corrected chi connectivity index (χ2v) is 10.6. The summed E-state index contributed by atoms with van der Waals surface area (Å²) < 4.78 is 46.1. The number of anilines is 2. The Morgan fingerprint density at radius 1 is 1.12 bits per heavy atom. The van der Waals surface area contributed by atoms with Crippen LogP contribution in [-0.4, -0.2) is 50.7 Å². The maximum atomic E-state index is 13.5. The minimum Gasteiger partial charge on any atom is -0.481 e. The second-order valence-electron chi connectivity index (χ2n) is 10.6. The molecule has 1 unspecified atom stereocenters. The van der Waals surface area contributed by atoms with Crippen LogP contribution in [0.1, 0.15) is 62.4 Å². The summed E-state index contributed by atoms with van der Waals surface area (Å²) >= 11 is 0. The molecule has 0 radical (unpaired) electrons. The van der Waals surface area contributed by atoms with Gasteiger partial charge in [-0.1, -0.05) is 12.1 Å². The third-order valence-corrected chi connectivity index (χ3v) is 6.06. The smallest absolute Gasteiger partial charge is 0.481 e. The number of nitrogens with one attached hydrogen (secondary N) is 1. The number of aromatic nitrogens is 2. The number of carbonyl (C=O) groups is 2. The van der Waals surface area contributed by atoms with Gasteiger partial charge in [-0.2, -0.15) is 49.1 Å². The van der Waals surface area contributed by atoms with Crippen LogP contribution >= 0.6 is 0 Å². The molecule has 2 N–H and O–H groups in total. The number of ether oxygens (including phenoxy) is 1. The zero-order valence-corrected chi connectivity index (χ0v) is 24.5. The van der Waals surface area contributed by atoms with E-state index in [0.29, 0.717) is 25.2 Å². The van der Waals surface area contributed by atoms with E-state index in [1.165, 1.54) is 0 Å².